The molecule has 0 aliphatic heterocycles. The number of rotatable bonds is 0. The van der Waals surface area contributed by atoms with Crippen molar-refractivity contribution in [3.05, 3.63) is 143 Å². The Labute approximate surface area is 208 Å². The molecule has 0 radical (unpaired) electrons. The van der Waals surface area contributed by atoms with E-state index < -0.39 is 0 Å². The minimum Gasteiger partial charge on any atom is -0.256 e. The molecule has 0 amide bonds. The molecule has 3 aliphatic rings. The van der Waals surface area contributed by atoms with Gasteiger partial charge in [0.15, 0.2) is 0 Å². The van der Waals surface area contributed by atoms with Gasteiger partial charge in [0.1, 0.15) is 0 Å². The molecule has 0 N–H and O–H groups in total. The number of hydrogen-bond acceptors (Lipinski definition) is 2. The summed E-state index contributed by atoms with van der Waals surface area (Å²) >= 11 is 0. The van der Waals surface area contributed by atoms with Gasteiger partial charge in [0.25, 0.3) is 0 Å². The van der Waals surface area contributed by atoms with Crippen molar-refractivity contribution in [1.29, 1.82) is 0 Å². The fraction of sp³-hybridized carbons (Fsp3) is 0.0588. The summed E-state index contributed by atoms with van der Waals surface area (Å²) in [6, 6.07) is 35.9. The van der Waals surface area contributed by atoms with Crippen LogP contribution in [0.15, 0.2) is 109 Å². The van der Waals surface area contributed by atoms with E-state index in [0.29, 0.717) is 0 Å². The van der Waals surface area contributed by atoms with Crippen LogP contribution in [0.5, 0.6) is 0 Å². The lowest BCUT2D eigenvalue weighted by molar-refractivity contribution is 0.790. The number of hydrogen-bond donors (Lipinski definition) is 0. The lowest BCUT2D eigenvalue weighted by Gasteiger charge is -2.30. The zero-order valence-corrected chi connectivity index (χ0v) is 19.5. The molecule has 36 heavy (non-hydrogen) atoms. The quantitative estimate of drug-likeness (QED) is 0.235. The van der Waals surface area contributed by atoms with E-state index in [0.717, 1.165) is 17.6 Å². The highest BCUT2D eigenvalue weighted by molar-refractivity contribution is 5.99. The average molecular weight is 457 g/mol. The van der Waals surface area contributed by atoms with E-state index in [2.05, 4.69) is 102 Å². The average Bonchev–Trinajstić information content (AvgIpc) is 3.56. The summed E-state index contributed by atoms with van der Waals surface area (Å²) in [6.45, 7) is 0. The molecule has 3 aliphatic carbocycles. The van der Waals surface area contributed by atoms with Gasteiger partial charge < -0.3 is 0 Å². The summed E-state index contributed by atoms with van der Waals surface area (Å²) in [5.41, 5.74) is 16.7. The number of benzene rings is 4. The van der Waals surface area contributed by atoms with Crippen molar-refractivity contribution in [2.24, 2.45) is 0 Å². The second-order valence-electron chi connectivity index (χ2n) is 10.1. The molecule has 0 saturated carbocycles. The van der Waals surface area contributed by atoms with Crippen molar-refractivity contribution in [1.82, 2.24) is 9.97 Å². The van der Waals surface area contributed by atoms with Crippen molar-refractivity contribution < 1.29 is 0 Å². The fourth-order valence-corrected chi connectivity index (χ4v) is 7.28. The summed E-state index contributed by atoms with van der Waals surface area (Å²) in [6.07, 6.45) is 4.75. The second-order valence-corrected chi connectivity index (χ2v) is 10.1. The number of fused-ring (bicyclic) bond motifs is 15. The van der Waals surface area contributed by atoms with Crippen molar-refractivity contribution in [2.75, 3.05) is 0 Å². The van der Waals surface area contributed by atoms with E-state index >= 15 is 0 Å². The molecule has 166 valence electrons. The van der Waals surface area contributed by atoms with E-state index in [1.165, 1.54) is 66.6 Å². The van der Waals surface area contributed by atoms with Crippen LogP contribution in [0.2, 0.25) is 0 Å². The van der Waals surface area contributed by atoms with Gasteiger partial charge in [0.05, 0.1) is 16.6 Å². The minimum absolute atomic E-state index is 0.334. The molecule has 1 atom stereocenters. The monoisotopic (exact) mass is 456 g/mol. The van der Waals surface area contributed by atoms with Gasteiger partial charge in [-0.05, 0) is 86.3 Å². The van der Waals surface area contributed by atoms with Crippen LogP contribution in [0.1, 0.15) is 33.4 Å². The van der Waals surface area contributed by atoms with E-state index in [1.54, 1.807) is 0 Å². The Morgan fingerprint density at radius 3 is 2.19 bits per heavy atom. The van der Waals surface area contributed by atoms with Gasteiger partial charge in [-0.15, -0.1) is 0 Å². The summed E-state index contributed by atoms with van der Waals surface area (Å²) < 4.78 is 0. The molecule has 4 aromatic carbocycles. The minimum atomic E-state index is -0.334. The highest BCUT2D eigenvalue weighted by Crippen LogP contribution is 2.63. The molecule has 0 bridgehead atoms. The fourth-order valence-electron chi connectivity index (χ4n) is 7.28. The Balaban J connectivity index is 1.40. The highest BCUT2D eigenvalue weighted by atomic mass is 14.7. The van der Waals surface area contributed by atoms with Crippen LogP contribution >= 0.6 is 0 Å². The van der Waals surface area contributed by atoms with Gasteiger partial charge in [-0.25, -0.2) is 0 Å². The molecule has 1 unspecified atom stereocenters. The standard InChI is InChI=1S/C34H20N2/c1-3-10-28-22(7-1)27-19-25-20(17-26-21(25)13-14-32-23(26)9-5-15-35-32)18-31(27)34(28)29-11-4-2-8-24(29)33-30(34)12-6-16-36-33/h1-16,18-19H,17H2. The molecule has 1 spiro atoms. The first-order chi connectivity index (χ1) is 17.9. The molecule has 2 aromatic heterocycles. The van der Waals surface area contributed by atoms with Crippen molar-refractivity contribution in [2.45, 2.75) is 11.8 Å². The smallest absolute Gasteiger partial charge is 0.0753 e. The first-order valence-corrected chi connectivity index (χ1v) is 12.6. The Hall–Kier alpha value is -4.56. The lowest BCUT2D eigenvalue weighted by Crippen LogP contribution is -2.26. The Bertz CT molecular complexity index is 1890. The van der Waals surface area contributed by atoms with Crippen LogP contribution in [0, 0.1) is 0 Å². The first-order valence-electron chi connectivity index (χ1n) is 12.6. The molecule has 0 fully saturated rings. The van der Waals surface area contributed by atoms with Gasteiger partial charge in [-0.1, -0.05) is 72.8 Å². The number of aromatic nitrogens is 2. The Morgan fingerprint density at radius 2 is 1.28 bits per heavy atom. The Kier molecular flexibility index (Phi) is 3.31. The first kappa shape index (κ1) is 18.7. The topological polar surface area (TPSA) is 25.8 Å². The van der Waals surface area contributed by atoms with E-state index in [-0.39, 0.29) is 5.41 Å². The largest absolute Gasteiger partial charge is 0.256 e. The summed E-state index contributed by atoms with van der Waals surface area (Å²) in [5.74, 6) is 0. The second kappa shape index (κ2) is 6.35. The van der Waals surface area contributed by atoms with E-state index in [1.807, 2.05) is 12.4 Å². The maximum atomic E-state index is 4.90. The molecule has 2 heteroatoms. The normalized spacial score (nSPS) is 17.4. The van der Waals surface area contributed by atoms with Gasteiger partial charge >= 0.3 is 0 Å². The molecule has 0 saturated heterocycles. The number of pyridine rings is 2. The summed E-state index contributed by atoms with van der Waals surface area (Å²) in [4.78, 5) is 9.51. The summed E-state index contributed by atoms with van der Waals surface area (Å²) in [5, 5.41) is 1.27. The lowest BCUT2D eigenvalue weighted by atomic mass is 9.70. The molecule has 9 rings (SSSR count). The SMILES string of the molecule is c1ccc2c(c1)-c1cc3c(cc1C21c2ccccc2-c2ncccc21)Cc1c-3ccc2ncccc12. The van der Waals surface area contributed by atoms with Crippen molar-refractivity contribution in [3.8, 4) is 33.5 Å². The zero-order valence-electron chi connectivity index (χ0n) is 19.5. The predicted molar refractivity (Wildman–Crippen MR) is 144 cm³/mol. The van der Waals surface area contributed by atoms with Gasteiger partial charge in [-0.2, -0.15) is 0 Å². The molecular formula is C34H20N2. The molecule has 2 heterocycles. The molecular weight excluding hydrogens is 436 g/mol. The van der Waals surface area contributed by atoms with Crippen LogP contribution in [-0.4, -0.2) is 9.97 Å². The van der Waals surface area contributed by atoms with Crippen LogP contribution in [0.25, 0.3) is 44.4 Å². The van der Waals surface area contributed by atoms with Crippen LogP contribution in [0.4, 0.5) is 0 Å². The van der Waals surface area contributed by atoms with Gasteiger partial charge in [-0.3, -0.25) is 9.97 Å². The number of nitrogens with zero attached hydrogens (tertiary/aromatic N) is 2. The van der Waals surface area contributed by atoms with Crippen molar-refractivity contribution in [3.63, 3.8) is 0 Å². The van der Waals surface area contributed by atoms with Crippen LogP contribution in [-0.2, 0) is 11.8 Å². The van der Waals surface area contributed by atoms with E-state index in [4.69, 9.17) is 4.98 Å². The zero-order chi connectivity index (χ0) is 23.4. The third kappa shape index (κ3) is 2.02. The predicted octanol–water partition coefficient (Wildman–Crippen LogP) is 7.54. The molecule has 2 nitrogen and oxygen atoms in total. The third-order valence-electron chi connectivity index (χ3n) is 8.62. The van der Waals surface area contributed by atoms with E-state index in [9.17, 15) is 0 Å². The maximum Gasteiger partial charge on any atom is 0.0753 e. The van der Waals surface area contributed by atoms with Gasteiger partial charge in [0.2, 0.25) is 0 Å². The Morgan fingerprint density at radius 1 is 0.528 bits per heavy atom. The molecule has 6 aromatic rings. The third-order valence-corrected chi connectivity index (χ3v) is 8.62. The van der Waals surface area contributed by atoms with Crippen molar-refractivity contribution >= 4 is 10.9 Å². The highest BCUT2D eigenvalue weighted by Gasteiger charge is 2.52. The van der Waals surface area contributed by atoms with Crippen LogP contribution in [0.3, 0.4) is 0 Å². The summed E-state index contributed by atoms with van der Waals surface area (Å²) in [7, 11) is 0. The van der Waals surface area contributed by atoms with Crippen LogP contribution < -0.4 is 0 Å². The maximum absolute atomic E-state index is 4.90. The van der Waals surface area contributed by atoms with Gasteiger partial charge in [0, 0.05) is 23.3 Å².